The molecule has 9 heteroatoms. The number of aromatic nitrogens is 3. The van der Waals surface area contributed by atoms with Gasteiger partial charge in [0.2, 0.25) is 0 Å². The minimum absolute atomic E-state index is 0.0392. The second-order valence-electron chi connectivity index (χ2n) is 3.96. The average molecular weight is 279 g/mol. The number of non-ortho nitro benzene ring substituents is 1. The summed E-state index contributed by atoms with van der Waals surface area (Å²) in [7, 11) is 1.69. The van der Waals surface area contributed by atoms with E-state index in [2.05, 4.69) is 15.5 Å². The number of rotatable bonds is 4. The lowest BCUT2D eigenvalue weighted by atomic mass is 10.1. The van der Waals surface area contributed by atoms with Gasteiger partial charge in [-0.15, -0.1) is 10.2 Å². The first-order valence-electron chi connectivity index (χ1n) is 5.54. The van der Waals surface area contributed by atoms with Crippen LogP contribution in [-0.2, 0) is 13.6 Å². The van der Waals surface area contributed by atoms with Crippen LogP contribution in [0, 0.1) is 15.9 Å². The molecule has 1 aromatic carbocycles. The molecule has 0 aliphatic carbocycles. The third-order valence-electron chi connectivity index (χ3n) is 2.62. The SMILES string of the molecule is Cn1cnnc1CNC(=O)c1cc([N+](=O)[O-])ccc1F. The second-order valence-corrected chi connectivity index (χ2v) is 3.96. The monoisotopic (exact) mass is 279 g/mol. The molecule has 0 unspecified atom stereocenters. The number of benzene rings is 1. The smallest absolute Gasteiger partial charge is 0.270 e. The van der Waals surface area contributed by atoms with Crippen molar-refractivity contribution < 1.29 is 14.1 Å². The zero-order valence-corrected chi connectivity index (χ0v) is 10.4. The maximum Gasteiger partial charge on any atom is 0.270 e. The number of aryl methyl sites for hydroxylation is 1. The third kappa shape index (κ3) is 2.76. The summed E-state index contributed by atoms with van der Waals surface area (Å²) in [5.74, 6) is -1.11. The van der Waals surface area contributed by atoms with E-state index in [1.807, 2.05) is 0 Å². The van der Waals surface area contributed by atoms with Crippen molar-refractivity contribution in [1.29, 1.82) is 0 Å². The highest BCUT2D eigenvalue weighted by atomic mass is 19.1. The van der Waals surface area contributed by atoms with E-state index in [0.717, 1.165) is 18.2 Å². The molecule has 0 radical (unpaired) electrons. The van der Waals surface area contributed by atoms with Gasteiger partial charge in [0.1, 0.15) is 12.1 Å². The third-order valence-corrected chi connectivity index (χ3v) is 2.62. The van der Waals surface area contributed by atoms with Gasteiger partial charge in [0.05, 0.1) is 17.0 Å². The summed E-state index contributed by atoms with van der Waals surface area (Å²) in [6.07, 6.45) is 1.45. The number of nitrogens with one attached hydrogen (secondary N) is 1. The summed E-state index contributed by atoms with van der Waals surface area (Å²) in [6.45, 7) is 0.0392. The molecule has 8 nitrogen and oxygen atoms in total. The van der Waals surface area contributed by atoms with Crippen molar-refractivity contribution >= 4 is 11.6 Å². The molecule has 1 heterocycles. The normalized spacial score (nSPS) is 10.3. The first kappa shape index (κ1) is 13.6. The Balaban J connectivity index is 2.15. The number of carbonyl (C=O) groups is 1. The number of halogens is 1. The minimum atomic E-state index is -0.828. The molecule has 0 spiro atoms. The van der Waals surface area contributed by atoms with Crippen molar-refractivity contribution in [3.8, 4) is 0 Å². The molecule has 0 saturated carbocycles. The first-order valence-corrected chi connectivity index (χ1v) is 5.54. The quantitative estimate of drug-likeness (QED) is 0.658. The Labute approximate surface area is 112 Å². The number of hydrogen-bond acceptors (Lipinski definition) is 5. The van der Waals surface area contributed by atoms with Gasteiger partial charge in [0, 0.05) is 19.2 Å². The molecular formula is C11H10FN5O3. The highest BCUT2D eigenvalue weighted by Crippen LogP contribution is 2.16. The molecule has 20 heavy (non-hydrogen) atoms. The lowest BCUT2D eigenvalue weighted by Crippen LogP contribution is -2.25. The summed E-state index contributed by atoms with van der Waals surface area (Å²) >= 11 is 0. The van der Waals surface area contributed by atoms with Crippen LogP contribution in [0.5, 0.6) is 0 Å². The fourth-order valence-electron chi connectivity index (χ4n) is 1.52. The Morgan fingerprint density at radius 3 is 2.90 bits per heavy atom. The molecule has 0 fully saturated rings. The highest BCUT2D eigenvalue weighted by molar-refractivity contribution is 5.95. The van der Waals surface area contributed by atoms with Crippen molar-refractivity contribution in [2.45, 2.75) is 6.54 Å². The summed E-state index contributed by atoms with van der Waals surface area (Å²) < 4.78 is 15.1. The van der Waals surface area contributed by atoms with Gasteiger partial charge < -0.3 is 9.88 Å². The van der Waals surface area contributed by atoms with Crippen molar-refractivity contribution in [3.05, 3.63) is 51.8 Å². The van der Waals surface area contributed by atoms with Crippen LogP contribution < -0.4 is 5.32 Å². The van der Waals surface area contributed by atoms with Crippen molar-refractivity contribution in [3.63, 3.8) is 0 Å². The molecule has 0 aliphatic heterocycles. The zero-order valence-electron chi connectivity index (χ0n) is 10.4. The molecule has 0 bridgehead atoms. The van der Waals surface area contributed by atoms with E-state index in [1.165, 1.54) is 6.33 Å². The molecule has 104 valence electrons. The maximum atomic E-state index is 13.5. The van der Waals surface area contributed by atoms with Crippen LogP contribution in [0.4, 0.5) is 10.1 Å². The minimum Gasteiger partial charge on any atom is -0.345 e. The Kier molecular flexibility index (Phi) is 3.69. The molecule has 1 aromatic heterocycles. The topological polar surface area (TPSA) is 103 Å². The van der Waals surface area contributed by atoms with Crippen LogP contribution in [0.3, 0.4) is 0 Å². The van der Waals surface area contributed by atoms with E-state index in [1.54, 1.807) is 11.6 Å². The van der Waals surface area contributed by atoms with Gasteiger partial charge in [0.25, 0.3) is 11.6 Å². The number of hydrogen-bond donors (Lipinski definition) is 1. The summed E-state index contributed by atoms with van der Waals surface area (Å²) in [6, 6.07) is 2.77. The van der Waals surface area contributed by atoms with Gasteiger partial charge >= 0.3 is 0 Å². The average Bonchev–Trinajstić information content (AvgIpc) is 2.81. The molecule has 0 saturated heterocycles. The van der Waals surface area contributed by atoms with Gasteiger partial charge in [0.15, 0.2) is 5.82 Å². The fourth-order valence-corrected chi connectivity index (χ4v) is 1.52. The largest absolute Gasteiger partial charge is 0.345 e. The predicted molar refractivity (Wildman–Crippen MR) is 65.2 cm³/mol. The molecule has 1 N–H and O–H groups in total. The van der Waals surface area contributed by atoms with Crippen LogP contribution >= 0.6 is 0 Å². The van der Waals surface area contributed by atoms with Crippen molar-refractivity contribution in [1.82, 2.24) is 20.1 Å². The van der Waals surface area contributed by atoms with Gasteiger partial charge in [-0.2, -0.15) is 0 Å². The number of amides is 1. The van der Waals surface area contributed by atoms with Crippen LogP contribution in [-0.4, -0.2) is 25.6 Å². The standard InChI is InChI=1S/C11H10FN5O3/c1-16-6-14-15-10(16)5-13-11(18)8-4-7(17(19)20)2-3-9(8)12/h2-4,6H,5H2,1H3,(H,13,18). The van der Waals surface area contributed by atoms with Crippen LogP contribution in [0.1, 0.15) is 16.2 Å². The van der Waals surface area contributed by atoms with E-state index >= 15 is 0 Å². The molecule has 2 aromatic rings. The van der Waals surface area contributed by atoms with E-state index in [0.29, 0.717) is 5.82 Å². The predicted octanol–water partition coefficient (Wildman–Crippen LogP) is 0.792. The number of nitrogens with zero attached hydrogens (tertiary/aromatic N) is 4. The highest BCUT2D eigenvalue weighted by Gasteiger charge is 2.17. The van der Waals surface area contributed by atoms with Crippen molar-refractivity contribution in [2.24, 2.45) is 7.05 Å². The number of nitro benzene ring substituents is 1. The molecule has 2 rings (SSSR count). The summed E-state index contributed by atoms with van der Waals surface area (Å²) in [5.41, 5.74) is -0.739. The van der Waals surface area contributed by atoms with Gasteiger partial charge in [-0.1, -0.05) is 0 Å². The Morgan fingerprint density at radius 2 is 2.30 bits per heavy atom. The maximum absolute atomic E-state index is 13.5. The van der Waals surface area contributed by atoms with Gasteiger partial charge in [-0.05, 0) is 6.07 Å². The Morgan fingerprint density at radius 1 is 1.55 bits per heavy atom. The Bertz CT molecular complexity index is 670. The zero-order chi connectivity index (χ0) is 14.7. The fraction of sp³-hybridized carbons (Fsp3) is 0.182. The molecule has 1 amide bonds. The van der Waals surface area contributed by atoms with Gasteiger partial charge in [-0.25, -0.2) is 4.39 Å². The van der Waals surface area contributed by atoms with Crippen LogP contribution in [0.2, 0.25) is 0 Å². The molecule has 0 aliphatic rings. The van der Waals surface area contributed by atoms with E-state index in [9.17, 15) is 19.3 Å². The van der Waals surface area contributed by atoms with E-state index < -0.39 is 16.6 Å². The summed E-state index contributed by atoms with van der Waals surface area (Å²) in [4.78, 5) is 21.7. The van der Waals surface area contributed by atoms with E-state index in [4.69, 9.17) is 0 Å². The van der Waals surface area contributed by atoms with Crippen LogP contribution in [0.15, 0.2) is 24.5 Å². The number of carbonyl (C=O) groups excluding carboxylic acids is 1. The second kappa shape index (κ2) is 5.43. The van der Waals surface area contributed by atoms with E-state index in [-0.39, 0.29) is 17.8 Å². The van der Waals surface area contributed by atoms with Crippen molar-refractivity contribution in [2.75, 3.05) is 0 Å². The molecule has 0 atom stereocenters. The number of nitro groups is 1. The molecular weight excluding hydrogens is 269 g/mol. The first-order chi connectivity index (χ1) is 9.49. The summed E-state index contributed by atoms with van der Waals surface area (Å²) in [5, 5.41) is 20.4. The van der Waals surface area contributed by atoms with Gasteiger partial charge in [-0.3, -0.25) is 14.9 Å². The Hall–Kier alpha value is -2.84. The lowest BCUT2D eigenvalue weighted by molar-refractivity contribution is -0.384. The van der Waals surface area contributed by atoms with Crippen LogP contribution in [0.25, 0.3) is 0 Å². The lowest BCUT2D eigenvalue weighted by Gasteiger charge is -2.05.